The molecule has 9 heteroatoms. The van der Waals surface area contributed by atoms with Crippen LogP contribution in [0.1, 0.15) is 22.4 Å². The van der Waals surface area contributed by atoms with Crippen LogP contribution in [0.15, 0.2) is 35.6 Å². The fourth-order valence-electron chi connectivity index (χ4n) is 3.39. The first kappa shape index (κ1) is 18.7. The van der Waals surface area contributed by atoms with E-state index in [1.165, 1.54) is 45.7 Å². The Labute approximate surface area is 180 Å². The lowest BCUT2D eigenvalue weighted by Gasteiger charge is -2.04. The van der Waals surface area contributed by atoms with Gasteiger partial charge < -0.3 is 0 Å². The maximum Gasteiger partial charge on any atom is 0.241 e. The number of hydrogen-bond donors (Lipinski definition) is 1. The standard InChI is InChI=1S/C20H17N5OS3/c1-11-5-7-12(8-6-11)17-24-20(25-29-17)23-15(26)9-27-18-16-13-3-2-4-14(13)28-19(16)22-10-21-18/h5-8,10H,2-4,9H2,1H3,(H,23,25,26). The zero-order valence-electron chi connectivity index (χ0n) is 15.6. The predicted octanol–water partition coefficient (Wildman–Crippen LogP) is 4.74. The van der Waals surface area contributed by atoms with Gasteiger partial charge in [0.25, 0.3) is 0 Å². The molecule has 0 unspecified atom stereocenters. The molecule has 4 aromatic rings. The van der Waals surface area contributed by atoms with Crippen LogP contribution >= 0.6 is 34.6 Å². The molecule has 1 aliphatic carbocycles. The normalized spacial score (nSPS) is 13.0. The van der Waals surface area contributed by atoms with Gasteiger partial charge in [0.1, 0.15) is 21.2 Å². The van der Waals surface area contributed by atoms with Gasteiger partial charge in [0, 0.05) is 15.8 Å². The molecule has 0 fully saturated rings. The number of aryl methyl sites for hydroxylation is 3. The smallest absolute Gasteiger partial charge is 0.241 e. The van der Waals surface area contributed by atoms with E-state index < -0.39 is 0 Å². The lowest BCUT2D eigenvalue weighted by atomic mass is 10.2. The summed E-state index contributed by atoms with van der Waals surface area (Å²) >= 11 is 4.48. The van der Waals surface area contributed by atoms with Crippen molar-refractivity contribution < 1.29 is 4.79 Å². The molecule has 1 aliphatic rings. The van der Waals surface area contributed by atoms with Crippen molar-refractivity contribution in [3.63, 3.8) is 0 Å². The van der Waals surface area contributed by atoms with Gasteiger partial charge in [-0.05, 0) is 43.3 Å². The summed E-state index contributed by atoms with van der Waals surface area (Å²) in [5.74, 6) is 0.470. The SMILES string of the molecule is Cc1ccc(-c2nc(NC(=O)CSc3ncnc4sc5c(c34)CCC5)ns2)cc1. The third-order valence-electron chi connectivity index (χ3n) is 4.78. The fraction of sp³-hybridized carbons (Fsp3) is 0.250. The first-order valence-corrected chi connectivity index (χ1v) is 11.8. The number of anilines is 1. The van der Waals surface area contributed by atoms with E-state index >= 15 is 0 Å². The number of aromatic nitrogens is 4. The van der Waals surface area contributed by atoms with Crippen LogP contribution in [-0.2, 0) is 17.6 Å². The summed E-state index contributed by atoms with van der Waals surface area (Å²) in [6, 6.07) is 8.10. The molecule has 3 aromatic heterocycles. The van der Waals surface area contributed by atoms with Crippen molar-refractivity contribution in [3.05, 3.63) is 46.6 Å². The molecule has 146 valence electrons. The molecule has 0 aliphatic heterocycles. The number of fused-ring (bicyclic) bond motifs is 3. The zero-order chi connectivity index (χ0) is 19.8. The summed E-state index contributed by atoms with van der Waals surface area (Å²) in [7, 11) is 0. The van der Waals surface area contributed by atoms with E-state index in [1.807, 2.05) is 31.2 Å². The number of benzene rings is 1. The van der Waals surface area contributed by atoms with Crippen LogP contribution in [0.4, 0.5) is 5.95 Å². The van der Waals surface area contributed by atoms with Crippen molar-refractivity contribution in [2.45, 2.75) is 31.2 Å². The first-order chi connectivity index (χ1) is 14.2. The Kier molecular flexibility index (Phi) is 5.03. The van der Waals surface area contributed by atoms with Gasteiger partial charge in [0.05, 0.1) is 5.75 Å². The predicted molar refractivity (Wildman–Crippen MR) is 119 cm³/mol. The summed E-state index contributed by atoms with van der Waals surface area (Å²) < 4.78 is 4.26. The molecule has 0 saturated heterocycles. The number of hydrogen-bond acceptors (Lipinski definition) is 8. The average molecular weight is 440 g/mol. The third kappa shape index (κ3) is 3.77. The van der Waals surface area contributed by atoms with Gasteiger partial charge in [-0.3, -0.25) is 10.1 Å². The van der Waals surface area contributed by atoms with Gasteiger partial charge in [0.2, 0.25) is 11.9 Å². The Morgan fingerprint density at radius 2 is 2.07 bits per heavy atom. The second kappa shape index (κ2) is 7.81. The molecule has 0 atom stereocenters. The van der Waals surface area contributed by atoms with E-state index in [0.717, 1.165) is 38.7 Å². The molecule has 0 spiro atoms. The summed E-state index contributed by atoms with van der Waals surface area (Å²) in [6.45, 7) is 2.04. The van der Waals surface area contributed by atoms with Crippen molar-refractivity contribution in [3.8, 4) is 10.6 Å². The molecule has 0 radical (unpaired) electrons. The fourth-order valence-corrected chi connectivity index (χ4v) is 6.14. The lowest BCUT2D eigenvalue weighted by Crippen LogP contribution is -2.15. The highest BCUT2D eigenvalue weighted by Crippen LogP contribution is 2.40. The molecule has 1 N–H and O–H groups in total. The van der Waals surface area contributed by atoms with Gasteiger partial charge >= 0.3 is 0 Å². The minimum atomic E-state index is -0.137. The summed E-state index contributed by atoms with van der Waals surface area (Å²) in [6.07, 6.45) is 4.98. The maximum atomic E-state index is 12.4. The highest BCUT2D eigenvalue weighted by atomic mass is 32.2. The number of carbonyl (C=O) groups excluding carboxylic acids is 1. The minimum absolute atomic E-state index is 0.137. The van der Waals surface area contributed by atoms with Crippen LogP contribution < -0.4 is 5.32 Å². The second-order valence-electron chi connectivity index (χ2n) is 6.84. The monoisotopic (exact) mass is 439 g/mol. The molecule has 1 aromatic carbocycles. The van der Waals surface area contributed by atoms with Crippen molar-refractivity contribution >= 4 is 56.7 Å². The second-order valence-corrected chi connectivity index (χ2v) is 9.64. The van der Waals surface area contributed by atoms with Crippen LogP contribution in [0, 0.1) is 6.92 Å². The van der Waals surface area contributed by atoms with Crippen LogP contribution in [0.2, 0.25) is 0 Å². The first-order valence-electron chi connectivity index (χ1n) is 9.26. The maximum absolute atomic E-state index is 12.4. The molecule has 6 nitrogen and oxygen atoms in total. The molecule has 5 rings (SSSR count). The van der Waals surface area contributed by atoms with Gasteiger partial charge in [-0.15, -0.1) is 11.3 Å². The quantitative estimate of drug-likeness (QED) is 0.357. The van der Waals surface area contributed by atoms with Crippen molar-refractivity contribution in [1.29, 1.82) is 0 Å². The van der Waals surface area contributed by atoms with E-state index in [9.17, 15) is 4.79 Å². The molecule has 29 heavy (non-hydrogen) atoms. The Balaban J connectivity index is 1.26. The number of carbonyl (C=O) groups is 1. The molecule has 0 bridgehead atoms. The number of rotatable bonds is 5. The summed E-state index contributed by atoms with van der Waals surface area (Å²) in [5.41, 5.74) is 3.56. The Morgan fingerprint density at radius 1 is 1.21 bits per heavy atom. The minimum Gasteiger partial charge on any atom is -0.293 e. The third-order valence-corrected chi connectivity index (χ3v) is 7.74. The number of nitrogens with zero attached hydrogens (tertiary/aromatic N) is 4. The van der Waals surface area contributed by atoms with Crippen molar-refractivity contribution in [1.82, 2.24) is 19.3 Å². The van der Waals surface area contributed by atoms with E-state index in [0.29, 0.717) is 5.95 Å². The average Bonchev–Trinajstić information content (AvgIpc) is 3.43. The Hall–Kier alpha value is -2.36. The van der Waals surface area contributed by atoms with Crippen LogP contribution in [0.5, 0.6) is 0 Å². The Morgan fingerprint density at radius 3 is 2.93 bits per heavy atom. The number of nitrogens with one attached hydrogen (secondary N) is 1. The number of thiophene rings is 1. The van der Waals surface area contributed by atoms with E-state index in [-0.39, 0.29) is 11.7 Å². The van der Waals surface area contributed by atoms with Crippen molar-refractivity contribution in [2.24, 2.45) is 0 Å². The Bertz CT molecular complexity index is 1200. The number of amides is 1. The number of thioether (sulfide) groups is 1. The molecule has 1 amide bonds. The van der Waals surface area contributed by atoms with E-state index in [2.05, 4.69) is 24.6 Å². The van der Waals surface area contributed by atoms with E-state index in [1.54, 1.807) is 17.7 Å². The van der Waals surface area contributed by atoms with Crippen molar-refractivity contribution in [2.75, 3.05) is 11.1 Å². The largest absolute Gasteiger partial charge is 0.293 e. The molecule has 0 saturated carbocycles. The zero-order valence-corrected chi connectivity index (χ0v) is 18.1. The summed E-state index contributed by atoms with van der Waals surface area (Å²) in [5, 5.41) is 5.61. The highest BCUT2D eigenvalue weighted by molar-refractivity contribution is 8.00. The molecular formula is C20H17N5OS3. The van der Waals surface area contributed by atoms with Crippen LogP contribution in [-0.4, -0.2) is 31.0 Å². The van der Waals surface area contributed by atoms with Crippen LogP contribution in [0.3, 0.4) is 0 Å². The molecular weight excluding hydrogens is 422 g/mol. The lowest BCUT2D eigenvalue weighted by molar-refractivity contribution is -0.113. The summed E-state index contributed by atoms with van der Waals surface area (Å²) in [4.78, 5) is 28.2. The van der Waals surface area contributed by atoms with Gasteiger partial charge in [0.15, 0.2) is 0 Å². The van der Waals surface area contributed by atoms with Gasteiger partial charge in [-0.2, -0.15) is 9.36 Å². The highest BCUT2D eigenvalue weighted by Gasteiger charge is 2.21. The molecule has 3 heterocycles. The van der Waals surface area contributed by atoms with E-state index in [4.69, 9.17) is 0 Å². The van der Waals surface area contributed by atoms with Gasteiger partial charge in [-0.1, -0.05) is 41.6 Å². The topological polar surface area (TPSA) is 80.7 Å². The van der Waals surface area contributed by atoms with Gasteiger partial charge in [-0.25, -0.2) is 9.97 Å². The van der Waals surface area contributed by atoms with Crippen LogP contribution in [0.25, 0.3) is 20.8 Å².